The van der Waals surface area contributed by atoms with Crippen LogP contribution in [0.2, 0.25) is 0 Å². The van der Waals surface area contributed by atoms with Crippen LogP contribution in [0, 0.1) is 0 Å². The molecule has 0 spiro atoms. The number of nitrogens with zero attached hydrogens (tertiary/aromatic N) is 2. The molecule has 146 valence electrons. The molecule has 0 bridgehead atoms. The second-order valence-corrected chi connectivity index (χ2v) is 7.35. The highest BCUT2D eigenvalue weighted by molar-refractivity contribution is 5.82. The first-order chi connectivity index (χ1) is 12.4. The lowest BCUT2D eigenvalue weighted by atomic mass is 10.0. The summed E-state index contributed by atoms with van der Waals surface area (Å²) in [4.78, 5) is 6.72. The zero-order valence-electron chi connectivity index (χ0n) is 17.1. The minimum atomic E-state index is 0.922. The Hall–Kier alpha value is -0.990. The largest absolute Gasteiger partial charge is 0.356 e. The van der Waals surface area contributed by atoms with Gasteiger partial charge in [0.15, 0.2) is 5.96 Å². The van der Waals surface area contributed by atoms with E-state index in [0.717, 1.165) is 25.6 Å². The van der Waals surface area contributed by atoms with Crippen molar-refractivity contribution in [2.24, 2.45) is 4.99 Å². The third kappa shape index (κ3) is 12.1. The molecule has 0 aliphatic carbocycles. The van der Waals surface area contributed by atoms with E-state index < -0.39 is 0 Å². The van der Waals surface area contributed by atoms with Crippen LogP contribution < -0.4 is 5.32 Å². The Bertz CT molecular complexity index is 349. The van der Waals surface area contributed by atoms with Crippen LogP contribution in [-0.4, -0.2) is 30.5 Å². The maximum absolute atomic E-state index is 4.48. The topological polar surface area (TPSA) is 27.6 Å². The molecule has 1 N–H and O–H groups in total. The van der Waals surface area contributed by atoms with E-state index in [4.69, 9.17) is 0 Å². The maximum Gasteiger partial charge on any atom is 0.198 e. The monoisotopic (exact) mass is 349 g/mol. The molecule has 1 heterocycles. The van der Waals surface area contributed by atoms with Gasteiger partial charge in [-0.25, -0.2) is 0 Å². The minimum absolute atomic E-state index is 0.922. The third-order valence-corrected chi connectivity index (χ3v) is 4.97. The van der Waals surface area contributed by atoms with Gasteiger partial charge in [0.1, 0.15) is 0 Å². The van der Waals surface area contributed by atoms with Gasteiger partial charge in [-0.1, -0.05) is 90.0 Å². The Balaban J connectivity index is 1.82. The quantitative estimate of drug-likeness (QED) is 0.333. The SMILES string of the molecule is CCCCCCCCCCCCCCCC=CN1CCN=C1NCC. The van der Waals surface area contributed by atoms with Crippen molar-refractivity contribution in [3.8, 4) is 0 Å². The fourth-order valence-electron chi connectivity index (χ4n) is 3.40. The predicted molar refractivity (Wildman–Crippen MR) is 112 cm³/mol. The molecule has 0 atom stereocenters. The molecule has 0 aromatic carbocycles. The molecule has 1 rings (SSSR count). The van der Waals surface area contributed by atoms with Crippen LogP contribution in [0.1, 0.15) is 104 Å². The molecule has 0 radical (unpaired) electrons. The van der Waals surface area contributed by atoms with Crippen LogP contribution in [0.4, 0.5) is 0 Å². The minimum Gasteiger partial charge on any atom is -0.356 e. The van der Waals surface area contributed by atoms with Crippen LogP contribution in [0.5, 0.6) is 0 Å². The van der Waals surface area contributed by atoms with E-state index >= 15 is 0 Å². The molecule has 3 nitrogen and oxygen atoms in total. The lowest BCUT2D eigenvalue weighted by Gasteiger charge is -2.15. The van der Waals surface area contributed by atoms with Gasteiger partial charge in [-0.2, -0.15) is 0 Å². The molecular weight excluding hydrogens is 306 g/mol. The Morgan fingerprint density at radius 3 is 1.96 bits per heavy atom. The number of hydrogen-bond donors (Lipinski definition) is 1. The molecular formula is C22H43N3. The van der Waals surface area contributed by atoms with Crippen molar-refractivity contribution in [1.29, 1.82) is 0 Å². The maximum atomic E-state index is 4.48. The van der Waals surface area contributed by atoms with Gasteiger partial charge >= 0.3 is 0 Å². The van der Waals surface area contributed by atoms with Gasteiger partial charge in [-0.15, -0.1) is 0 Å². The lowest BCUT2D eigenvalue weighted by molar-refractivity contribution is 0.539. The first kappa shape index (κ1) is 22.1. The third-order valence-electron chi connectivity index (χ3n) is 4.97. The van der Waals surface area contributed by atoms with Crippen LogP contribution in [0.3, 0.4) is 0 Å². The lowest BCUT2D eigenvalue weighted by Crippen LogP contribution is -2.34. The molecule has 25 heavy (non-hydrogen) atoms. The average molecular weight is 350 g/mol. The molecule has 0 aromatic heterocycles. The Morgan fingerprint density at radius 2 is 1.40 bits per heavy atom. The fraction of sp³-hybridized carbons (Fsp3) is 0.864. The Kier molecular flexibility index (Phi) is 14.5. The van der Waals surface area contributed by atoms with Crippen molar-refractivity contribution in [3.63, 3.8) is 0 Å². The highest BCUT2D eigenvalue weighted by Gasteiger charge is 2.12. The van der Waals surface area contributed by atoms with Gasteiger partial charge in [-0.3, -0.25) is 4.99 Å². The average Bonchev–Trinajstić information content (AvgIpc) is 3.06. The highest BCUT2D eigenvalue weighted by atomic mass is 15.3. The van der Waals surface area contributed by atoms with Crippen LogP contribution >= 0.6 is 0 Å². The zero-order valence-corrected chi connectivity index (χ0v) is 17.1. The van der Waals surface area contributed by atoms with E-state index in [1.54, 1.807) is 0 Å². The number of guanidine groups is 1. The highest BCUT2D eigenvalue weighted by Crippen LogP contribution is 2.13. The number of hydrogen-bond acceptors (Lipinski definition) is 3. The van der Waals surface area contributed by atoms with Crippen LogP contribution in [0.15, 0.2) is 17.3 Å². The van der Waals surface area contributed by atoms with Gasteiger partial charge in [0.2, 0.25) is 0 Å². The predicted octanol–water partition coefficient (Wildman–Crippen LogP) is 6.26. The fourth-order valence-corrected chi connectivity index (χ4v) is 3.40. The summed E-state index contributed by atoms with van der Waals surface area (Å²) in [7, 11) is 0. The van der Waals surface area contributed by atoms with Gasteiger partial charge in [0.25, 0.3) is 0 Å². The first-order valence-corrected chi connectivity index (χ1v) is 11.1. The van der Waals surface area contributed by atoms with E-state index in [-0.39, 0.29) is 0 Å². The molecule has 0 aromatic rings. The van der Waals surface area contributed by atoms with Crippen molar-refractivity contribution < 1.29 is 0 Å². The van der Waals surface area contributed by atoms with Gasteiger partial charge in [0, 0.05) is 19.3 Å². The van der Waals surface area contributed by atoms with Crippen molar-refractivity contribution in [2.75, 3.05) is 19.6 Å². The second kappa shape index (κ2) is 16.5. The molecule has 0 saturated carbocycles. The summed E-state index contributed by atoms with van der Waals surface area (Å²) in [6.45, 7) is 7.31. The smallest absolute Gasteiger partial charge is 0.198 e. The van der Waals surface area contributed by atoms with Gasteiger partial charge in [0.05, 0.1) is 6.54 Å². The van der Waals surface area contributed by atoms with E-state index in [1.807, 2.05) is 0 Å². The van der Waals surface area contributed by atoms with Crippen molar-refractivity contribution >= 4 is 5.96 Å². The Morgan fingerprint density at radius 1 is 0.840 bits per heavy atom. The summed E-state index contributed by atoms with van der Waals surface area (Å²) < 4.78 is 0. The molecule has 3 heteroatoms. The molecule has 0 unspecified atom stereocenters. The molecule has 0 saturated heterocycles. The zero-order chi connectivity index (χ0) is 18.0. The normalized spacial score (nSPS) is 14.5. The second-order valence-electron chi connectivity index (χ2n) is 7.35. The number of unbranched alkanes of at least 4 members (excludes halogenated alkanes) is 13. The van der Waals surface area contributed by atoms with Crippen LogP contribution in [0.25, 0.3) is 0 Å². The summed E-state index contributed by atoms with van der Waals surface area (Å²) in [5, 5.41) is 3.32. The van der Waals surface area contributed by atoms with E-state index in [2.05, 4.69) is 41.3 Å². The summed E-state index contributed by atoms with van der Waals surface area (Å²) in [5.41, 5.74) is 0. The van der Waals surface area contributed by atoms with Crippen molar-refractivity contribution in [1.82, 2.24) is 10.2 Å². The molecule has 1 aliphatic rings. The molecule has 0 fully saturated rings. The first-order valence-electron chi connectivity index (χ1n) is 11.1. The summed E-state index contributed by atoms with van der Waals surface area (Å²) in [5.74, 6) is 1.05. The van der Waals surface area contributed by atoms with Crippen molar-refractivity contribution in [2.45, 2.75) is 104 Å². The van der Waals surface area contributed by atoms with Crippen molar-refractivity contribution in [3.05, 3.63) is 12.3 Å². The Labute approximate surface area is 157 Å². The van der Waals surface area contributed by atoms with Crippen LogP contribution in [-0.2, 0) is 0 Å². The van der Waals surface area contributed by atoms with E-state index in [1.165, 1.54) is 89.9 Å². The standard InChI is InChI=1S/C22H43N3/c1-3-5-6-7-8-9-10-11-12-13-14-15-16-17-18-20-25-21-19-24-22(25)23-4-2/h18,20H,3-17,19,21H2,1-2H3,(H,23,24). The molecule has 0 amide bonds. The molecule has 1 aliphatic heterocycles. The summed E-state index contributed by atoms with van der Waals surface area (Å²) >= 11 is 0. The van der Waals surface area contributed by atoms with Gasteiger partial charge < -0.3 is 10.2 Å². The van der Waals surface area contributed by atoms with E-state index in [0.29, 0.717) is 0 Å². The summed E-state index contributed by atoms with van der Waals surface area (Å²) in [6, 6.07) is 0. The number of rotatable bonds is 16. The number of nitrogens with one attached hydrogen (secondary N) is 1. The summed E-state index contributed by atoms with van der Waals surface area (Å²) in [6.07, 6.45) is 24.3. The van der Waals surface area contributed by atoms with E-state index in [9.17, 15) is 0 Å². The number of allylic oxidation sites excluding steroid dienone is 1. The number of aliphatic imine (C=N–C) groups is 1. The van der Waals surface area contributed by atoms with Gasteiger partial charge in [-0.05, 0) is 19.8 Å².